The van der Waals surface area contributed by atoms with Crippen molar-refractivity contribution in [3.8, 4) is 11.5 Å². The maximum absolute atomic E-state index is 11.6. The van der Waals surface area contributed by atoms with Gasteiger partial charge in [-0.2, -0.15) is 0 Å². The Labute approximate surface area is 265 Å². The molecule has 244 valence electrons. The number of benzene rings is 2. The third-order valence-corrected chi connectivity index (χ3v) is 10.1. The van der Waals surface area contributed by atoms with Crippen LogP contribution in [0.15, 0.2) is 24.3 Å². The van der Waals surface area contributed by atoms with Crippen molar-refractivity contribution < 1.29 is 19.8 Å². The molecule has 0 spiro atoms. The molecule has 1 fully saturated rings. The number of phenolic OH excluding ortho intramolecular Hbond substituents is 2. The van der Waals surface area contributed by atoms with Gasteiger partial charge in [0.1, 0.15) is 11.5 Å². The Kier molecular flexibility index (Phi) is 11.8. The largest absolute Gasteiger partial charge is 0.507 e. The number of rotatable bonds is 6. The summed E-state index contributed by atoms with van der Waals surface area (Å²) in [5.41, 5.74) is 3.96. The van der Waals surface area contributed by atoms with E-state index in [0.717, 1.165) is 73.8 Å². The van der Waals surface area contributed by atoms with E-state index in [1.165, 1.54) is 0 Å². The van der Waals surface area contributed by atoms with E-state index in [1.807, 2.05) is 26.0 Å². The third-order valence-electron chi connectivity index (χ3n) is 10.1. The molecule has 0 radical (unpaired) electrons. The van der Waals surface area contributed by atoms with Gasteiger partial charge in [-0.3, -0.25) is 29.2 Å². The molecule has 8 heteroatoms. The molecule has 2 atom stereocenters. The van der Waals surface area contributed by atoms with E-state index >= 15 is 0 Å². The molecule has 0 aliphatic carbocycles. The SMILES string of the molecule is Cc1cc(C=O)c(O)c(CN2CCN(C)C(C)(C)C[C@H](C)N(Cc3cc(C)cc(C=O)c3O)CCN(C)C(C)(C)C[C@H]2C)c1. The molecule has 0 unspecified atom stereocenters. The summed E-state index contributed by atoms with van der Waals surface area (Å²) in [6.45, 7) is 22.0. The molecule has 1 heterocycles. The van der Waals surface area contributed by atoms with Gasteiger partial charge in [0.2, 0.25) is 0 Å². The number of likely N-dealkylation sites (N-methyl/N-ethyl adjacent to an activating group) is 2. The molecule has 0 saturated carbocycles. The quantitative estimate of drug-likeness (QED) is 0.408. The molecule has 1 aliphatic rings. The predicted molar refractivity (Wildman–Crippen MR) is 179 cm³/mol. The minimum atomic E-state index is -0.110. The number of nitrogens with zero attached hydrogens (tertiary/aromatic N) is 4. The van der Waals surface area contributed by atoms with Gasteiger partial charge in [0.05, 0.1) is 11.1 Å². The fourth-order valence-electron chi connectivity index (χ4n) is 6.71. The van der Waals surface area contributed by atoms with E-state index in [-0.39, 0.29) is 34.7 Å². The predicted octanol–water partition coefficient (Wildman–Crippen LogP) is 5.64. The van der Waals surface area contributed by atoms with Gasteiger partial charge >= 0.3 is 0 Å². The number of hydrogen-bond donors (Lipinski definition) is 2. The summed E-state index contributed by atoms with van der Waals surface area (Å²) in [7, 11) is 4.36. The van der Waals surface area contributed by atoms with Crippen LogP contribution in [0.25, 0.3) is 0 Å². The molecule has 1 saturated heterocycles. The molecule has 0 aromatic heterocycles. The van der Waals surface area contributed by atoms with Gasteiger partial charge in [-0.1, -0.05) is 12.1 Å². The van der Waals surface area contributed by atoms with Crippen LogP contribution >= 0.6 is 0 Å². The highest BCUT2D eigenvalue weighted by Gasteiger charge is 2.33. The summed E-state index contributed by atoms with van der Waals surface area (Å²) in [4.78, 5) is 33.0. The van der Waals surface area contributed by atoms with Gasteiger partial charge in [0.15, 0.2) is 12.6 Å². The standard InChI is InChI=1S/C36H56N4O4/c1-25-15-29(33(43)31(17-25)23-41)21-39-13-11-37(9)36(7,8)20-28(4)40(14-12-38(10)35(5,6)19-27(39)3)22-30-16-26(2)18-32(24-42)34(30)44/h15-18,23-24,27-28,43-44H,11-14,19-22H2,1-10H3/t27-,28+. The minimum absolute atomic E-state index is 0.0797. The molecule has 2 aromatic carbocycles. The third kappa shape index (κ3) is 8.68. The van der Waals surface area contributed by atoms with Crippen LogP contribution in [0.2, 0.25) is 0 Å². The van der Waals surface area contributed by atoms with Crippen molar-refractivity contribution in [2.24, 2.45) is 0 Å². The first-order chi connectivity index (χ1) is 20.5. The zero-order valence-corrected chi connectivity index (χ0v) is 28.8. The summed E-state index contributed by atoms with van der Waals surface area (Å²) in [5.74, 6) is 0.159. The maximum Gasteiger partial charge on any atom is 0.153 e. The summed E-state index contributed by atoms with van der Waals surface area (Å²) >= 11 is 0. The molecule has 0 amide bonds. The van der Waals surface area contributed by atoms with Gasteiger partial charge in [0, 0.05) is 73.6 Å². The van der Waals surface area contributed by atoms with Crippen molar-refractivity contribution >= 4 is 12.6 Å². The lowest BCUT2D eigenvalue weighted by molar-refractivity contribution is 0.0386. The Balaban J connectivity index is 1.94. The van der Waals surface area contributed by atoms with Crippen molar-refractivity contribution in [1.29, 1.82) is 0 Å². The second-order valence-electron chi connectivity index (χ2n) is 14.5. The lowest BCUT2D eigenvalue weighted by Crippen LogP contribution is -2.53. The molecular weight excluding hydrogens is 552 g/mol. The first-order valence-corrected chi connectivity index (χ1v) is 15.9. The lowest BCUT2D eigenvalue weighted by atomic mass is 9.91. The van der Waals surface area contributed by atoms with Crippen LogP contribution in [0, 0.1) is 13.8 Å². The van der Waals surface area contributed by atoms with Crippen molar-refractivity contribution in [1.82, 2.24) is 19.6 Å². The molecular formula is C36H56N4O4. The minimum Gasteiger partial charge on any atom is -0.507 e. The molecule has 8 nitrogen and oxygen atoms in total. The van der Waals surface area contributed by atoms with Crippen molar-refractivity contribution in [3.63, 3.8) is 0 Å². The average molecular weight is 609 g/mol. The van der Waals surface area contributed by atoms with Crippen LogP contribution in [-0.2, 0) is 13.1 Å². The maximum atomic E-state index is 11.6. The van der Waals surface area contributed by atoms with Crippen LogP contribution in [0.1, 0.15) is 97.4 Å². The molecule has 2 N–H and O–H groups in total. The highest BCUT2D eigenvalue weighted by atomic mass is 16.3. The molecule has 2 aromatic rings. The second-order valence-corrected chi connectivity index (χ2v) is 14.5. The number of aromatic hydroxyl groups is 2. The zero-order valence-electron chi connectivity index (χ0n) is 28.8. The van der Waals surface area contributed by atoms with Crippen molar-refractivity contribution in [2.45, 2.75) is 104 Å². The number of aldehydes is 2. The van der Waals surface area contributed by atoms with E-state index < -0.39 is 0 Å². The van der Waals surface area contributed by atoms with Crippen molar-refractivity contribution in [2.75, 3.05) is 40.3 Å². The van der Waals surface area contributed by atoms with E-state index in [4.69, 9.17) is 0 Å². The van der Waals surface area contributed by atoms with Gasteiger partial charge in [-0.05, 0) is 106 Å². The molecule has 0 bridgehead atoms. The van der Waals surface area contributed by atoms with Crippen LogP contribution in [0.5, 0.6) is 11.5 Å². The fraction of sp³-hybridized carbons (Fsp3) is 0.611. The highest BCUT2D eigenvalue weighted by Crippen LogP contribution is 2.31. The number of phenols is 2. The van der Waals surface area contributed by atoms with E-state index in [2.05, 4.69) is 75.2 Å². The summed E-state index contributed by atoms with van der Waals surface area (Å²) in [5, 5.41) is 21.8. The second kappa shape index (κ2) is 14.5. The zero-order chi connectivity index (χ0) is 33.0. The number of aryl methyl sites for hydroxylation is 2. The van der Waals surface area contributed by atoms with Gasteiger partial charge in [0.25, 0.3) is 0 Å². The van der Waals surface area contributed by atoms with E-state index in [1.54, 1.807) is 12.1 Å². The molecule has 44 heavy (non-hydrogen) atoms. The summed E-state index contributed by atoms with van der Waals surface area (Å²) in [6, 6.07) is 7.88. The van der Waals surface area contributed by atoms with Gasteiger partial charge in [-0.15, -0.1) is 0 Å². The number of hydrogen-bond acceptors (Lipinski definition) is 8. The molecule has 3 rings (SSSR count). The number of carbonyl (C=O) groups is 2. The van der Waals surface area contributed by atoms with Crippen LogP contribution in [0.3, 0.4) is 0 Å². The van der Waals surface area contributed by atoms with Crippen LogP contribution < -0.4 is 0 Å². The first kappa shape index (κ1) is 35.7. The van der Waals surface area contributed by atoms with E-state index in [0.29, 0.717) is 24.2 Å². The Morgan fingerprint density at radius 1 is 0.682 bits per heavy atom. The van der Waals surface area contributed by atoms with E-state index in [9.17, 15) is 19.8 Å². The normalized spacial score (nSPS) is 23.2. The topological polar surface area (TPSA) is 87.6 Å². The Hall–Kier alpha value is -2.78. The Bertz CT molecular complexity index is 1210. The highest BCUT2D eigenvalue weighted by molar-refractivity contribution is 5.81. The molecule has 1 aliphatic heterocycles. The summed E-state index contributed by atoms with van der Waals surface area (Å²) < 4.78 is 0. The average Bonchev–Trinajstić information content (AvgIpc) is 2.94. The Morgan fingerprint density at radius 2 is 1.02 bits per heavy atom. The first-order valence-electron chi connectivity index (χ1n) is 15.9. The number of carbonyl (C=O) groups excluding carboxylic acids is 2. The van der Waals surface area contributed by atoms with Gasteiger partial charge < -0.3 is 10.2 Å². The lowest BCUT2D eigenvalue weighted by Gasteiger charge is -2.45. The summed E-state index contributed by atoms with van der Waals surface area (Å²) in [6.07, 6.45) is 3.30. The Morgan fingerprint density at radius 3 is 1.34 bits per heavy atom. The van der Waals surface area contributed by atoms with Crippen LogP contribution in [0.4, 0.5) is 0 Å². The smallest absolute Gasteiger partial charge is 0.153 e. The monoisotopic (exact) mass is 608 g/mol. The van der Waals surface area contributed by atoms with Crippen molar-refractivity contribution in [3.05, 3.63) is 57.6 Å². The fourth-order valence-corrected chi connectivity index (χ4v) is 6.71. The van der Waals surface area contributed by atoms with Crippen LogP contribution in [-0.4, -0.2) is 106 Å². The van der Waals surface area contributed by atoms with Gasteiger partial charge in [-0.25, -0.2) is 0 Å².